The summed E-state index contributed by atoms with van der Waals surface area (Å²) in [5.41, 5.74) is 1.27. The number of nitrogens with zero attached hydrogens (tertiary/aromatic N) is 2. The summed E-state index contributed by atoms with van der Waals surface area (Å²) < 4.78 is 5.64. The minimum Gasteiger partial charge on any atom is -0.507 e. The molecule has 1 aromatic carbocycles. The largest absolute Gasteiger partial charge is 0.507 e. The Balaban J connectivity index is 2.02. The van der Waals surface area contributed by atoms with Crippen molar-refractivity contribution in [2.24, 2.45) is 0 Å². The van der Waals surface area contributed by atoms with Gasteiger partial charge in [-0.15, -0.1) is 0 Å². The van der Waals surface area contributed by atoms with E-state index in [9.17, 15) is 14.7 Å². The Morgan fingerprint density at radius 2 is 1.90 bits per heavy atom. The van der Waals surface area contributed by atoms with Gasteiger partial charge in [-0.1, -0.05) is 25.8 Å². The van der Waals surface area contributed by atoms with E-state index in [2.05, 4.69) is 11.9 Å². The van der Waals surface area contributed by atoms with Crippen LogP contribution >= 0.6 is 0 Å². The van der Waals surface area contributed by atoms with Gasteiger partial charge < -0.3 is 14.7 Å². The molecule has 0 radical (unpaired) electrons. The first-order valence-electron chi connectivity index (χ1n) is 10.4. The maximum Gasteiger partial charge on any atom is 0.295 e. The van der Waals surface area contributed by atoms with Crippen molar-refractivity contribution < 1.29 is 19.4 Å². The number of unbranched alkanes of at least 4 members (excludes halogenated alkanes) is 2. The number of ketones is 1. The number of hydrogen-bond acceptors (Lipinski definition) is 5. The molecule has 1 amide bonds. The van der Waals surface area contributed by atoms with Crippen LogP contribution < -0.4 is 4.74 Å². The fourth-order valence-electron chi connectivity index (χ4n) is 3.65. The quantitative estimate of drug-likeness (QED) is 0.301. The minimum absolute atomic E-state index is 0.0310. The first kappa shape index (κ1) is 21.6. The molecule has 0 bridgehead atoms. The number of carbonyl (C=O) groups is 2. The summed E-state index contributed by atoms with van der Waals surface area (Å²) in [6, 6.07) is 9.80. The average Bonchev–Trinajstić information content (AvgIpc) is 2.99. The normalized spacial score (nSPS) is 18.3. The highest BCUT2D eigenvalue weighted by Gasteiger charge is 2.45. The SMILES string of the molecule is CCCCCN1C(=O)C(=O)/C(=C(\O)c2ccc(OC(C)C)cc2)C1c1cccnc1. The zero-order valence-electron chi connectivity index (χ0n) is 17.7. The fraction of sp³-hybridized carbons (Fsp3) is 0.375. The number of carbonyl (C=O) groups excluding carboxylic acids is 2. The second kappa shape index (κ2) is 9.57. The lowest BCUT2D eigenvalue weighted by molar-refractivity contribution is -0.139. The van der Waals surface area contributed by atoms with Crippen LogP contribution in [0.2, 0.25) is 0 Å². The zero-order valence-corrected chi connectivity index (χ0v) is 17.7. The molecule has 1 saturated heterocycles. The molecule has 0 spiro atoms. The van der Waals surface area contributed by atoms with Crippen LogP contribution in [0.1, 0.15) is 57.2 Å². The Kier molecular flexibility index (Phi) is 6.87. The summed E-state index contributed by atoms with van der Waals surface area (Å²) in [5, 5.41) is 11.0. The molecule has 1 fully saturated rings. The van der Waals surface area contributed by atoms with E-state index in [1.165, 1.54) is 0 Å². The molecule has 1 atom stereocenters. The average molecular weight is 408 g/mol. The Morgan fingerprint density at radius 3 is 2.50 bits per heavy atom. The van der Waals surface area contributed by atoms with Crippen LogP contribution in [0.5, 0.6) is 5.75 Å². The zero-order chi connectivity index (χ0) is 21.7. The molecular weight excluding hydrogens is 380 g/mol. The second-order valence-electron chi connectivity index (χ2n) is 7.68. The number of likely N-dealkylation sites (tertiary alicyclic amines) is 1. The van der Waals surface area contributed by atoms with Crippen molar-refractivity contribution in [2.75, 3.05) is 6.54 Å². The predicted octanol–water partition coefficient (Wildman–Crippen LogP) is 4.48. The second-order valence-corrected chi connectivity index (χ2v) is 7.68. The van der Waals surface area contributed by atoms with Gasteiger partial charge in [-0.3, -0.25) is 14.6 Å². The minimum atomic E-state index is -0.666. The number of aromatic nitrogens is 1. The third-order valence-corrected chi connectivity index (χ3v) is 5.04. The standard InChI is InChI=1S/C24H28N2O4/c1-4-5-6-14-26-21(18-8-7-13-25-15-18)20(23(28)24(26)29)22(27)17-9-11-19(12-10-17)30-16(2)3/h7-13,15-16,21,27H,4-6,14H2,1-3H3/b22-20-. The van der Waals surface area contributed by atoms with Gasteiger partial charge in [0.05, 0.1) is 17.7 Å². The van der Waals surface area contributed by atoms with Crippen molar-refractivity contribution >= 4 is 17.4 Å². The molecule has 1 aliphatic rings. The molecule has 6 heteroatoms. The molecule has 0 aliphatic carbocycles. The molecule has 1 aromatic heterocycles. The first-order chi connectivity index (χ1) is 14.4. The van der Waals surface area contributed by atoms with Gasteiger partial charge in [0.2, 0.25) is 0 Å². The lowest BCUT2D eigenvalue weighted by Gasteiger charge is -2.25. The van der Waals surface area contributed by atoms with E-state index >= 15 is 0 Å². The smallest absolute Gasteiger partial charge is 0.295 e. The van der Waals surface area contributed by atoms with Gasteiger partial charge in [0.15, 0.2) is 0 Å². The summed E-state index contributed by atoms with van der Waals surface area (Å²) in [6.07, 6.45) is 6.06. The number of rotatable bonds is 8. The molecule has 1 unspecified atom stereocenters. The van der Waals surface area contributed by atoms with E-state index in [1.54, 1.807) is 47.6 Å². The molecule has 158 valence electrons. The molecule has 1 aliphatic heterocycles. The number of Topliss-reactive ketones (excluding diaryl/α,β-unsaturated/α-hetero) is 1. The van der Waals surface area contributed by atoms with Crippen LogP contribution in [0.3, 0.4) is 0 Å². The van der Waals surface area contributed by atoms with Gasteiger partial charge in [0.1, 0.15) is 11.5 Å². The fourth-order valence-corrected chi connectivity index (χ4v) is 3.65. The monoisotopic (exact) mass is 408 g/mol. The number of aliphatic hydroxyl groups excluding tert-OH is 1. The Hall–Kier alpha value is -3.15. The number of benzene rings is 1. The summed E-state index contributed by atoms with van der Waals surface area (Å²) in [4.78, 5) is 31.4. The van der Waals surface area contributed by atoms with E-state index in [4.69, 9.17) is 4.74 Å². The molecule has 30 heavy (non-hydrogen) atoms. The van der Waals surface area contributed by atoms with Crippen molar-refractivity contribution in [2.45, 2.75) is 52.2 Å². The van der Waals surface area contributed by atoms with E-state index in [-0.39, 0.29) is 17.4 Å². The molecule has 2 aromatic rings. The van der Waals surface area contributed by atoms with Crippen molar-refractivity contribution in [3.8, 4) is 5.75 Å². The number of hydrogen-bond donors (Lipinski definition) is 1. The van der Waals surface area contributed by atoms with Gasteiger partial charge in [-0.05, 0) is 56.2 Å². The number of aliphatic hydroxyl groups is 1. The van der Waals surface area contributed by atoms with Crippen molar-refractivity contribution in [1.82, 2.24) is 9.88 Å². The molecular formula is C24H28N2O4. The van der Waals surface area contributed by atoms with Crippen LogP contribution in [0, 0.1) is 0 Å². The summed E-state index contributed by atoms with van der Waals surface area (Å²) in [5.74, 6) is -0.761. The van der Waals surface area contributed by atoms with Crippen LogP contribution in [0.15, 0.2) is 54.4 Å². The Bertz CT molecular complexity index is 920. The highest BCUT2D eigenvalue weighted by atomic mass is 16.5. The Morgan fingerprint density at radius 1 is 1.17 bits per heavy atom. The van der Waals surface area contributed by atoms with Crippen molar-refractivity contribution in [3.63, 3.8) is 0 Å². The third kappa shape index (κ3) is 4.53. The van der Waals surface area contributed by atoms with Crippen molar-refractivity contribution in [3.05, 3.63) is 65.5 Å². The van der Waals surface area contributed by atoms with Crippen LogP contribution in [-0.2, 0) is 9.59 Å². The topological polar surface area (TPSA) is 79.7 Å². The highest BCUT2D eigenvalue weighted by Crippen LogP contribution is 2.39. The number of pyridine rings is 1. The van der Waals surface area contributed by atoms with Gasteiger partial charge >= 0.3 is 0 Å². The van der Waals surface area contributed by atoms with Crippen LogP contribution in [0.4, 0.5) is 0 Å². The molecule has 2 heterocycles. The molecule has 6 nitrogen and oxygen atoms in total. The maximum atomic E-state index is 12.9. The van der Waals surface area contributed by atoms with Crippen LogP contribution in [-0.4, -0.2) is 39.3 Å². The van der Waals surface area contributed by atoms with Gasteiger partial charge in [0.25, 0.3) is 11.7 Å². The maximum absolute atomic E-state index is 12.9. The molecule has 1 N–H and O–H groups in total. The molecule has 0 saturated carbocycles. The number of ether oxygens (including phenoxy) is 1. The van der Waals surface area contributed by atoms with E-state index < -0.39 is 17.7 Å². The highest BCUT2D eigenvalue weighted by molar-refractivity contribution is 6.46. The lowest BCUT2D eigenvalue weighted by Crippen LogP contribution is -2.30. The van der Waals surface area contributed by atoms with Gasteiger partial charge in [-0.25, -0.2) is 0 Å². The predicted molar refractivity (Wildman–Crippen MR) is 115 cm³/mol. The first-order valence-corrected chi connectivity index (χ1v) is 10.4. The number of amides is 1. The van der Waals surface area contributed by atoms with Crippen LogP contribution in [0.25, 0.3) is 5.76 Å². The van der Waals surface area contributed by atoms with Gasteiger partial charge in [-0.2, -0.15) is 0 Å². The van der Waals surface area contributed by atoms with Crippen molar-refractivity contribution in [1.29, 1.82) is 0 Å². The third-order valence-electron chi connectivity index (χ3n) is 5.04. The summed E-state index contributed by atoms with van der Waals surface area (Å²) in [7, 11) is 0. The van der Waals surface area contributed by atoms with Gasteiger partial charge in [0, 0.05) is 24.5 Å². The summed E-state index contributed by atoms with van der Waals surface area (Å²) >= 11 is 0. The lowest BCUT2D eigenvalue weighted by atomic mass is 9.96. The van der Waals surface area contributed by atoms with E-state index in [0.29, 0.717) is 23.4 Å². The molecule has 3 rings (SSSR count). The van der Waals surface area contributed by atoms with E-state index in [0.717, 1.165) is 19.3 Å². The summed E-state index contributed by atoms with van der Waals surface area (Å²) in [6.45, 7) is 6.40. The van der Waals surface area contributed by atoms with E-state index in [1.807, 2.05) is 19.9 Å². The Labute approximate surface area is 177 Å².